The minimum Gasteiger partial charge on any atom is -1.00 e. The van der Waals surface area contributed by atoms with Crippen LogP contribution in [0.1, 0.15) is 80.1 Å². The first kappa shape index (κ1) is 33.1. The van der Waals surface area contributed by atoms with E-state index in [1.54, 1.807) is 18.5 Å². The van der Waals surface area contributed by atoms with Crippen LogP contribution in [0.5, 0.6) is 0 Å². The van der Waals surface area contributed by atoms with Gasteiger partial charge >= 0.3 is 0 Å². The highest BCUT2D eigenvalue weighted by atomic mass is 35.5. The van der Waals surface area contributed by atoms with Crippen molar-refractivity contribution in [2.75, 3.05) is 50.3 Å². The van der Waals surface area contributed by atoms with Crippen LogP contribution in [0, 0.1) is 0 Å². The molecule has 0 unspecified atom stereocenters. The van der Waals surface area contributed by atoms with Gasteiger partial charge in [-0.05, 0) is 40.0 Å². The Morgan fingerprint density at radius 1 is 0.458 bits per heavy atom. The van der Waals surface area contributed by atoms with Gasteiger partial charge in [0.2, 0.25) is 0 Å². The lowest BCUT2D eigenvalue weighted by Gasteiger charge is -2.22. The molecular formula is C20H48Cl2P2. The third-order valence-electron chi connectivity index (χ3n) is 5.44. The molecule has 0 nitrogen and oxygen atoms in total. The molecular weight excluding hydrogens is 373 g/mol. The molecule has 0 aliphatic rings. The summed E-state index contributed by atoms with van der Waals surface area (Å²) in [7, 11) is -0.931. The molecule has 0 fully saturated rings. The van der Waals surface area contributed by atoms with Gasteiger partial charge in [0, 0.05) is 27.9 Å². The predicted octanol–water partition coefficient (Wildman–Crippen LogP) is 1.74. The van der Waals surface area contributed by atoms with Crippen molar-refractivity contribution in [3.63, 3.8) is 0 Å². The number of unbranched alkanes of at least 4 members (excludes halogenated alkanes) is 3. The van der Waals surface area contributed by atoms with E-state index in [4.69, 9.17) is 0 Å². The fourth-order valence-electron chi connectivity index (χ4n) is 2.63. The summed E-state index contributed by atoms with van der Waals surface area (Å²) >= 11 is 0. The van der Waals surface area contributed by atoms with Crippen molar-refractivity contribution in [2.45, 2.75) is 80.1 Å². The predicted molar refractivity (Wildman–Crippen MR) is 117 cm³/mol. The van der Waals surface area contributed by atoms with Crippen molar-refractivity contribution in [3.05, 3.63) is 0 Å². The van der Waals surface area contributed by atoms with Gasteiger partial charge in [0.25, 0.3) is 0 Å². The summed E-state index contributed by atoms with van der Waals surface area (Å²) in [6, 6.07) is 0. The molecule has 0 bridgehead atoms. The lowest BCUT2D eigenvalue weighted by molar-refractivity contribution is -0.00100. The van der Waals surface area contributed by atoms with E-state index in [-0.39, 0.29) is 24.8 Å². The van der Waals surface area contributed by atoms with Crippen molar-refractivity contribution in [3.8, 4) is 0 Å². The molecule has 0 N–H and O–H groups in total. The minimum absolute atomic E-state index is 0. The van der Waals surface area contributed by atoms with E-state index in [1.165, 1.54) is 57.0 Å². The van der Waals surface area contributed by atoms with Gasteiger partial charge in [-0.1, -0.05) is 40.0 Å². The SMILES string of the molecule is CCCC[P+](C)(CCCC)CCCC.CC[P+](C)(CC)CC.[Cl-].[Cl-]. The van der Waals surface area contributed by atoms with Crippen LogP contribution in [-0.2, 0) is 0 Å². The van der Waals surface area contributed by atoms with Crippen molar-refractivity contribution < 1.29 is 24.8 Å². The van der Waals surface area contributed by atoms with E-state index < -0.39 is 14.5 Å². The van der Waals surface area contributed by atoms with Gasteiger partial charge in [0.05, 0.1) is 37.0 Å². The Balaban J connectivity index is -0.000000174. The smallest absolute Gasteiger partial charge is 0.0591 e. The average Bonchev–Trinajstić information content (AvgIpc) is 2.56. The molecule has 0 spiro atoms. The van der Waals surface area contributed by atoms with Gasteiger partial charge in [0.1, 0.15) is 0 Å². The van der Waals surface area contributed by atoms with Crippen LogP contribution in [0.15, 0.2) is 0 Å². The molecule has 0 aliphatic heterocycles. The molecule has 0 atom stereocenters. The summed E-state index contributed by atoms with van der Waals surface area (Å²) in [4.78, 5) is 0. The Hall–Kier alpha value is 1.44. The maximum absolute atomic E-state index is 2.62. The molecule has 0 amide bonds. The third-order valence-corrected chi connectivity index (χ3v) is 14.2. The molecule has 0 saturated heterocycles. The Morgan fingerprint density at radius 3 is 0.833 bits per heavy atom. The molecule has 0 heterocycles. The summed E-state index contributed by atoms with van der Waals surface area (Å²) in [5.74, 6) is 0. The first-order valence-corrected chi connectivity index (χ1v) is 15.6. The Labute approximate surface area is 169 Å². The van der Waals surface area contributed by atoms with Crippen LogP contribution < -0.4 is 24.8 Å². The lowest BCUT2D eigenvalue weighted by atomic mass is 10.4. The standard InChI is InChI=1S/C13H30P.C7H18P.2ClH/c1-5-8-11-14(4,12-9-6-2)13-10-7-3;1-5-8(4,6-2)7-3;;/h5-13H2,1-4H3;5-7H2,1-4H3;2*1H/q2*+1;;/p-2. The zero-order valence-electron chi connectivity index (χ0n) is 18.1. The van der Waals surface area contributed by atoms with Crippen molar-refractivity contribution in [1.82, 2.24) is 0 Å². The second-order valence-electron chi connectivity index (χ2n) is 7.42. The maximum Gasteiger partial charge on any atom is 0.0591 e. The van der Waals surface area contributed by atoms with E-state index in [0.29, 0.717) is 0 Å². The summed E-state index contributed by atoms with van der Waals surface area (Å²) < 4.78 is 0. The zero-order chi connectivity index (χ0) is 17.5. The summed E-state index contributed by atoms with van der Waals surface area (Å²) in [6.07, 6.45) is 17.5. The zero-order valence-corrected chi connectivity index (χ0v) is 21.4. The van der Waals surface area contributed by atoms with Crippen LogP contribution in [0.2, 0.25) is 0 Å². The normalized spacial score (nSPS) is 11.0. The fourth-order valence-corrected chi connectivity index (χ4v) is 7.88. The topological polar surface area (TPSA) is 0 Å². The van der Waals surface area contributed by atoms with Crippen molar-refractivity contribution in [1.29, 1.82) is 0 Å². The van der Waals surface area contributed by atoms with Gasteiger partial charge in [-0.25, -0.2) is 0 Å². The molecule has 0 saturated carbocycles. The molecule has 4 heteroatoms. The number of hydrogen-bond acceptors (Lipinski definition) is 0. The quantitative estimate of drug-likeness (QED) is 0.421. The Bertz CT molecular complexity index is 202. The van der Waals surface area contributed by atoms with Crippen LogP contribution in [0.4, 0.5) is 0 Å². The van der Waals surface area contributed by atoms with Gasteiger partial charge < -0.3 is 24.8 Å². The highest BCUT2D eigenvalue weighted by Crippen LogP contribution is 2.57. The van der Waals surface area contributed by atoms with Gasteiger partial charge in [-0.3, -0.25) is 0 Å². The highest BCUT2D eigenvalue weighted by molar-refractivity contribution is 7.75. The van der Waals surface area contributed by atoms with E-state index in [9.17, 15) is 0 Å². The first-order chi connectivity index (χ1) is 10.4. The number of halogens is 2. The van der Waals surface area contributed by atoms with Crippen LogP contribution in [0.25, 0.3) is 0 Å². The second kappa shape index (κ2) is 20.7. The highest BCUT2D eigenvalue weighted by Gasteiger charge is 2.28. The summed E-state index contributed by atoms with van der Waals surface area (Å²) in [5, 5.41) is 0. The monoisotopic (exact) mass is 420 g/mol. The molecule has 0 aliphatic carbocycles. The first-order valence-electron chi connectivity index (χ1n) is 10.0. The molecule has 0 radical (unpaired) electrons. The Kier molecular flexibility index (Phi) is 28.6. The van der Waals surface area contributed by atoms with E-state index in [1.807, 2.05) is 0 Å². The minimum atomic E-state index is -0.519. The largest absolute Gasteiger partial charge is 1.00 e. The molecule has 0 aromatic carbocycles. The third kappa shape index (κ3) is 18.2. The Morgan fingerprint density at radius 2 is 0.708 bits per heavy atom. The molecule has 0 aromatic heterocycles. The molecule has 0 rings (SSSR count). The average molecular weight is 421 g/mol. The van der Waals surface area contributed by atoms with Crippen LogP contribution in [-0.4, -0.2) is 50.3 Å². The molecule has 0 aromatic rings. The fraction of sp³-hybridized carbons (Fsp3) is 1.00. The lowest BCUT2D eigenvalue weighted by Crippen LogP contribution is -3.00. The van der Waals surface area contributed by atoms with E-state index >= 15 is 0 Å². The van der Waals surface area contributed by atoms with Crippen molar-refractivity contribution >= 4 is 14.5 Å². The second-order valence-corrected chi connectivity index (χ2v) is 17.1. The van der Waals surface area contributed by atoms with Gasteiger partial charge in [-0.15, -0.1) is 0 Å². The van der Waals surface area contributed by atoms with Crippen molar-refractivity contribution in [2.24, 2.45) is 0 Å². The summed E-state index contributed by atoms with van der Waals surface area (Å²) in [5.41, 5.74) is 0. The number of hydrogen-bond donors (Lipinski definition) is 0. The van der Waals surface area contributed by atoms with Gasteiger partial charge in [0.15, 0.2) is 0 Å². The number of rotatable bonds is 12. The van der Waals surface area contributed by atoms with Crippen LogP contribution >= 0.6 is 14.5 Å². The van der Waals surface area contributed by atoms with E-state index in [0.717, 1.165) is 0 Å². The van der Waals surface area contributed by atoms with Crippen LogP contribution in [0.3, 0.4) is 0 Å². The molecule has 152 valence electrons. The molecule has 24 heavy (non-hydrogen) atoms. The summed E-state index contributed by atoms with van der Waals surface area (Å²) in [6.45, 7) is 19.0. The van der Waals surface area contributed by atoms with E-state index in [2.05, 4.69) is 54.9 Å². The van der Waals surface area contributed by atoms with Gasteiger partial charge in [-0.2, -0.15) is 0 Å². The maximum atomic E-state index is 2.62.